The predicted molar refractivity (Wildman–Crippen MR) is 270 cm³/mol. The number of hydrogen-bond acceptors (Lipinski definition) is 6. The third-order valence-electron chi connectivity index (χ3n) is 10.6. The zero-order valence-electron chi connectivity index (χ0n) is 40.8. The molecule has 0 spiro atoms. The van der Waals surface area contributed by atoms with Gasteiger partial charge in [-0.15, -0.1) is 0 Å². The summed E-state index contributed by atoms with van der Waals surface area (Å²) in [6.45, 7) is 6.34. The molecule has 0 bridgehead atoms. The summed E-state index contributed by atoms with van der Waals surface area (Å²) in [5.41, 5.74) is 0. The molecule has 6 nitrogen and oxygen atoms in total. The number of unbranched alkanes of at least 4 members (excludes halogenated alkanes) is 18. The first-order chi connectivity index (χ1) is 31.0. The number of carbonyl (C=O) groups is 3. The number of carbonyl (C=O) groups excluding carboxylic acids is 3. The van der Waals surface area contributed by atoms with Gasteiger partial charge in [0.2, 0.25) is 0 Å². The van der Waals surface area contributed by atoms with Crippen LogP contribution in [0.25, 0.3) is 0 Å². The summed E-state index contributed by atoms with van der Waals surface area (Å²) in [6, 6.07) is 0. The van der Waals surface area contributed by atoms with E-state index in [1.807, 2.05) is 0 Å². The quantitative estimate of drug-likeness (QED) is 0.0262. The summed E-state index contributed by atoms with van der Waals surface area (Å²) in [5, 5.41) is 0. The molecule has 0 N–H and O–H groups in total. The van der Waals surface area contributed by atoms with Crippen LogP contribution < -0.4 is 0 Å². The van der Waals surface area contributed by atoms with Crippen LogP contribution in [0.3, 0.4) is 0 Å². The summed E-state index contributed by atoms with van der Waals surface area (Å²) in [5.74, 6) is -0.975. The monoisotopic (exact) mass is 875 g/mol. The molecule has 0 aliphatic rings. The van der Waals surface area contributed by atoms with Gasteiger partial charge in [0.05, 0.1) is 0 Å². The van der Waals surface area contributed by atoms with Crippen molar-refractivity contribution in [3.63, 3.8) is 0 Å². The molecule has 0 rings (SSSR count). The van der Waals surface area contributed by atoms with Gasteiger partial charge in [0.25, 0.3) is 0 Å². The molecule has 0 aliphatic heterocycles. The fraction of sp³-hybridized carbons (Fsp3) is 0.667. The Balaban J connectivity index is 4.50. The average molecular weight is 875 g/mol. The van der Waals surface area contributed by atoms with E-state index in [1.54, 1.807) is 0 Å². The third kappa shape index (κ3) is 49.2. The molecule has 1 atom stereocenters. The predicted octanol–water partition coefficient (Wildman–Crippen LogP) is 17.0. The SMILES string of the molecule is CC/C=C\C/C=C\C/C=C\C/C=C\CCCCC(=O)OC[C@H](COC(=O)CCCCCCC/C=C\CCCCCCCC)OC(=O)CCCCCCC/C=C\C/C=C\C/C=C\CC. The highest BCUT2D eigenvalue weighted by Crippen LogP contribution is 2.13. The van der Waals surface area contributed by atoms with Crippen LogP contribution in [-0.4, -0.2) is 37.2 Å². The molecule has 0 radical (unpaired) electrons. The molecule has 0 unspecified atom stereocenters. The van der Waals surface area contributed by atoms with Crippen LogP contribution in [0, 0.1) is 0 Å². The summed E-state index contributed by atoms with van der Waals surface area (Å²) < 4.78 is 16.7. The molecule has 0 amide bonds. The minimum atomic E-state index is -0.807. The van der Waals surface area contributed by atoms with Crippen molar-refractivity contribution in [1.82, 2.24) is 0 Å². The van der Waals surface area contributed by atoms with Crippen molar-refractivity contribution in [1.29, 1.82) is 0 Å². The van der Waals surface area contributed by atoms with E-state index in [1.165, 1.54) is 51.4 Å². The number of allylic oxidation sites excluding steroid dienone is 16. The first-order valence-electron chi connectivity index (χ1n) is 25.7. The largest absolute Gasteiger partial charge is 0.462 e. The number of rotatable bonds is 45. The molecule has 0 fully saturated rings. The maximum Gasteiger partial charge on any atom is 0.306 e. The van der Waals surface area contributed by atoms with Gasteiger partial charge >= 0.3 is 17.9 Å². The molecule has 0 heterocycles. The van der Waals surface area contributed by atoms with E-state index in [0.29, 0.717) is 19.3 Å². The van der Waals surface area contributed by atoms with Crippen molar-refractivity contribution >= 4 is 17.9 Å². The van der Waals surface area contributed by atoms with E-state index in [-0.39, 0.29) is 31.1 Å². The third-order valence-corrected chi connectivity index (χ3v) is 10.6. The smallest absolute Gasteiger partial charge is 0.306 e. The lowest BCUT2D eigenvalue weighted by Crippen LogP contribution is -2.30. The highest BCUT2D eigenvalue weighted by molar-refractivity contribution is 5.71. The minimum Gasteiger partial charge on any atom is -0.462 e. The van der Waals surface area contributed by atoms with Crippen molar-refractivity contribution in [3.05, 3.63) is 97.2 Å². The van der Waals surface area contributed by atoms with Crippen LogP contribution in [0.4, 0.5) is 0 Å². The number of esters is 3. The van der Waals surface area contributed by atoms with Crippen LogP contribution in [0.1, 0.15) is 226 Å². The Kier molecular flexibility index (Phi) is 48.0. The van der Waals surface area contributed by atoms with Gasteiger partial charge in [-0.1, -0.05) is 189 Å². The summed E-state index contributed by atoms with van der Waals surface area (Å²) in [4.78, 5) is 38.0. The summed E-state index contributed by atoms with van der Waals surface area (Å²) in [7, 11) is 0. The molecule has 6 heteroatoms. The minimum absolute atomic E-state index is 0.103. The highest BCUT2D eigenvalue weighted by atomic mass is 16.6. The van der Waals surface area contributed by atoms with Crippen LogP contribution in [-0.2, 0) is 28.6 Å². The Labute approximate surface area is 387 Å². The van der Waals surface area contributed by atoms with Crippen molar-refractivity contribution in [3.8, 4) is 0 Å². The fourth-order valence-corrected chi connectivity index (χ4v) is 6.73. The standard InChI is InChI=1S/C57H94O6/c1-4-7-10-13-16-19-22-25-28-31-34-37-40-43-46-49-55(58)61-52-54(63-57(60)51-48-45-42-39-36-33-30-27-24-21-18-15-12-9-6-3)53-62-56(59)50-47-44-41-38-35-32-29-26-23-20-17-14-11-8-5-2/h7,9-10,12,16,18-19,21,25-30,34,37,54H,4-6,8,11,13-15,17,20,22-24,31-33,35-36,38-53H2,1-3H3/b10-7-,12-9-,19-16-,21-18-,28-25-,29-26-,30-27-,37-34-/t54-/m1/s1. The Morgan fingerprint density at radius 2 is 0.619 bits per heavy atom. The Hall–Kier alpha value is -3.67. The van der Waals surface area contributed by atoms with Gasteiger partial charge in [0.1, 0.15) is 13.2 Å². The van der Waals surface area contributed by atoms with Crippen LogP contribution in [0.15, 0.2) is 97.2 Å². The molecule has 0 aliphatic carbocycles. The highest BCUT2D eigenvalue weighted by Gasteiger charge is 2.19. The maximum absolute atomic E-state index is 12.8. The van der Waals surface area contributed by atoms with E-state index in [9.17, 15) is 14.4 Å². The number of ether oxygens (including phenoxy) is 3. The molecule has 63 heavy (non-hydrogen) atoms. The molecule has 0 aromatic heterocycles. The Morgan fingerprint density at radius 3 is 1.02 bits per heavy atom. The van der Waals surface area contributed by atoms with Gasteiger partial charge < -0.3 is 14.2 Å². The second-order valence-corrected chi connectivity index (χ2v) is 16.7. The van der Waals surface area contributed by atoms with Gasteiger partial charge in [-0.3, -0.25) is 14.4 Å². The average Bonchev–Trinajstić information content (AvgIpc) is 3.28. The van der Waals surface area contributed by atoms with Crippen molar-refractivity contribution in [2.24, 2.45) is 0 Å². The van der Waals surface area contributed by atoms with E-state index >= 15 is 0 Å². The lowest BCUT2D eigenvalue weighted by Gasteiger charge is -2.18. The summed E-state index contributed by atoms with van der Waals surface area (Å²) >= 11 is 0. The van der Waals surface area contributed by atoms with Gasteiger partial charge in [-0.2, -0.15) is 0 Å². The fourth-order valence-electron chi connectivity index (χ4n) is 6.73. The lowest BCUT2D eigenvalue weighted by molar-refractivity contribution is -0.167. The molecule has 358 valence electrons. The first kappa shape index (κ1) is 59.3. The zero-order chi connectivity index (χ0) is 45.8. The van der Waals surface area contributed by atoms with Crippen LogP contribution in [0.2, 0.25) is 0 Å². The topological polar surface area (TPSA) is 78.9 Å². The lowest BCUT2D eigenvalue weighted by atomic mass is 10.1. The molecule has 0 saturated heterocycles. The second kappa shape index (κ2) is 51.0. The van der Waals surface area contributed by atoms with Gasteiger partial charge in [0, 0.05) is 19.3 Å². The van der Waals surface area contributed by atoms with Crippen molar-refractivity contribution < 1.29 is 28.6 Å². The van der Waals surface area contributed by atoms with Crippen LogP contribution >= 0.6 is 0 Å². The van der Waals surface area contributed by atoms with Crippen LogP contribution in [0.5, 0.6) is 0 Å². The van der Waals surface area contributed by atoms with E-state index in [0.717, 1.165) is 135 Å². The molecule has 0 aromatic rings. The normalized spacial score (nSPS) is 12.9. The molecular formula is C57H94O6. The van der Waals surface area contributed by atoms with Gasteiger partial charge in [0.15, 0.2) is 6.10 Å². The molecule has 0 saturated carbocycles. The van der Waals surface area contributed by atoms with E-state index in [4.69, 9.17) is 14.2 Å². The molecular weight excluding hydrogens is 781 g/mol. The van der Waals surface area contributed by atoms with E-state index < -0.39 is 6.10 Å². The maximum atomic E-state index is 12.8. The Bertz CT molecular complexity index is 1280. The van der Waals surface area contributed by atoms with E-state index in [2.05, 4.69) is 118 Å². The summed E-state index contributed by atoms with van der Waals surface area (Å²) in [6.07, 6.45) is 66.8. The van der Waals surface area contributed by atoms with Gasteiger partial charge in [-0.25, -0.2) is 0 Å². The molecule has 0 aromatic carbocycles. The zero-order valence-corrected chi connectivity index (χ0v) is 40.8. The number of hydrogen-bond donors (Lipinski definition) is 0. The Morgan fingerprint density at radius 1 is 0.333 bits per heavy atom. The van der Waals surface area contributed by atoms with Crippen molar-refractivity contribution in [2.45, 2.75) is 232 Å². The second-order valence-electron chi connectivity index (χ2n) is 16.7. The van der Waals surface area contributed by atoms with Crippen molar-refractivity contribution in [2.75, 3.05) is 13.2 Å². The first-order valence-corrected chi connectivity index (χ1v) is 25.7. The van der Waals surface area contributed by atoms with Gasteiger partial charge in [-0.05, 0) is 116 Å².